The van der Waals surface area contributed by atoms with Crippen LogP contribution in [-0.4, -0.2) is 56.0 Å². The van der Waals surface area contributed by atoms with Gasteiger partial charge in [0.25, 0.3) is 11.8 Å². The molecule has 4 amide bonds. The van der Waals surface area contributed by atoms with Crippen LogP contribution in [0.3, 0.4) is 0 Å². The molecule has 2 aromatic rings. The van der Waals surface area contributed by atoms with E-state index in [0.717, 1.165) is 17.0 Å². The van der Waals surface area contributed by atoms with E-state index < -0.39 is 56.6 Å². The van der Waals surface area contributed by atoms with E-state index in [1.807, 2.05) is 6.08 Å². The topological polar surface area (TPSA) is 104 Å². The first kappa shape index (κ1) is 30.3. The number of carbonyl (C=O) groups excluding carboxylic acids is 4. The Kier molecular flexibility index (Phi) is 7.01. The van der Waals surface area contributed by atoms with Gasteiger partial charge in [0, 0.05) is 11.5 Å². The molecule has 11 heteroatoms. The van der Waals surface area contributed by atoms with Gasteiger partial charge < -0.3 is 9.84 Å². The van der Waals surface area contributed by atoms with E-state index in [4.69, 9.17) is 27.9 Å². The normalized spacial score (nSPS) is 31.8. The number of phenols is 1. The van der Waals surface area contributed by atoms with Crippen molar-refractivity contribution in [2.75, 3.05) is 12.0 Å². The first-order valence-corrected chi connectivity index (χ1v) is 15.1. The smallest absolute Gasteiger partial charge is 0.258 e. The van der Waals surface area contributed by atoms with Crippen molar-refractivity contribution in [3.05, 3.63) is 71.6 Å². The Balaban J connectivity index is 1.51. The summed E-state index contributed by atoms with van der Waals surface area (Å²) in [5.41, 5.74) is 0.612. The third kappa shape index (κ3) is 4.15. The zero-order chi connectivity index (χ0) is 31.9. The summed E-state index contributed by atoms with van der Waals surface area (Å²) in [7, 11) is 1.42. The van der Waals surface area contributed by atoms with Gasteiger partial charge in [-0.3, -0.25) is 24.1 Å². The Morgan fingerprint density at radius 3 is 2.32 bits per heavy atom. The third-order valence-corrected chi connectivity index (χ3v) is 10.7. The summed E-state index contributed by atoms with van der Waals surface area (Å²) in [6, 6.07) is 9.57. The van der Waals surface area contributed by atoms with E-state index in [1.165, 1.54) is 30.2 Å². The third-order valence-electron chi connectivity index (χ3n) is 9.31. The molecule has 8 nitrogen and oxygen atoms in total. The first-order chi connectivity index (χ1) is 20.6. The maximum absolute atomic E-state index is 14.3. The molecule has 3 fully saturated rings. The molecule has 2 aliphatic carbocycles. The monoisotopic (exact) mass is 640 g/mol. The molecule has 0 radical (unpaired) electrons. The minimum atomic E-state index is -2.01. The van der Waals surface area contributed by atoms with Gasteiger partial charge in [-0.2, -0.15) is 0 Å². The predicted molar refractivity (Wildman–Crippen MR) is 163 cm³/mol. The maximum atomic E-state index is 14.3. The molecule has 230 valence electrons. The van der Waals surface area contributed by atoms with Crippen LogP contribution in [0.5, 0.6) is 11.5 Å². The van der Waals surface area contributed by atoms with Crippen molar-refractivity contribution in [2.24, 2.45) is 23.7 Å². The van der Waals surface area contributed by atoms with Gasteiger partial charge in [-0.25, -0.2) is 9.29 Å². The molecule has 6 rings (SSSR count). The summed E-state index contributed by atoms with van der Waals surface area (Å²) < 4.78 is 19.0. The molecule has 1 saturated carbocycles. The number of halogens is 3. The molecule has 6 unspecified atom stereocenters. The van der Waals surface area contributed by atoms with Gasteiger partial charge in [0.1, 0.15) is 5.82 Å². The molecule has 6 atom stereocenters. The molecule has 2 aliphatic heterocycles. The van der Waals surface area contributed by atoms with Crippen LogP contribution in [0.25, 0.3) is 6.08 Å². The molecule has 2 aromatic carbocycles. The number of anilines is 1. The molecule has 2 heterocycles. The van der Waals surface area contributed by atoms with Gasteiger partial charge in [-0.05, 0) is 81.5 Å². The fourth-order valence-corrected chi connectivity index (χ4v) is 8.20. The Morgan fingerprint density at radius 1 is 1.00 bits per heavy atom. The van der Waals surface area contributed by atoms with Crippen LogP contribution in [-0.2, 0) is 19.2 Å². The highest BCUT2D eigenvalue weighted by molar-refractivity contribution is 6.58. The van der Waals surface area contributed by atoms with Crippen LogP contribution in [0.15, 0.2) is 60.2 Å². The maximum Gasteiger partial charge on any atom is 0.258 e. The second-order valence-corrected chi connectivity index (χ2v) is 14.0. The Bertz CT molecular complexity index is 1670. The van der Waals surface area contributed by atoms with Crippen LogP contribution in [0.4, 0.5) is 10.1 Å². The molecule has 2 saturated heterocycles. The molecular formula is C33H31Cl2FN2O6. The number of nitrogens with zero attached hydrogens (tertiary/aromatic N) is 2. The van der Waals surface area contributed by atoms with Crippen LogP contribution in [0.1, 0.15) is 39.2 Å². The number of benzene rings is 2. The van der Waals surface area contributed by atoms with Gasteiger partial charge in [-0.1, -0.05) is 29.9 Å². The number of carbonyl (C=O) groups is 4. The van der Waals surface area contributed by atoms with E-state index in [1.54, 1.807) is 45.1 Å². The average Bonchev–Trinajstić information content (AvgIpc) is 3.32. The summed E-state index contributed by atoms with van der Waals surface area (Å²) >= 11 is 14.6. The summed E-state index contributed by atoms with van der Waals surface area (Å²) in [6.07, 6.45) is 5.33. The number of likely N-dealkylation sites (tertiary alicyclic amines) is 1. The second kappa shape index (κ2) is 10.2. The molecule has 0 spiro atoms. The Morgan fingerprint density at radius 2 is 1.68 bits per heavy atom. The SMILES string of the molecule is COc1cc(C=CC2C3=CCC4C(=O)N(C(C)(C)C)C(=O)C4C3CC3(Cl)C(=O)N(c4ccc(F)cc4)C(=O)C23Cl)ccc1O. The molecule has 1 N–H and O–H groups in total. The molecular weight excluding hydrogens is 610 g/mol. The number of phenolic OH excluding ortho intramolecular Hbond substituents is 1. The lowest BCUT2D eigenvalue weighted by Crippen LogP contribution is -2.60. The van der Waals surface area contributed by atoms with E-state index in [2.05, 4.69) is 0 Å². The van der Waals surface area contributed by atoms with E-state index in [9.17, 15) is 28.7 Å². The Hall–Kier alpha value is -3.69. The van der Waals surface area contributed by atoms with Gasteiger partial charge in [0.2, 0.25) is 11.8 Å². The van der Waals surface area contributed by atoms with Crippen LogP contribution >= 0.6 is 23.2 Å². The van der Waals surface area contributed by atoms with Gasteiger partial charge in [0.05, 0.1) is 24.6 Å². The van der Waals surface area contributed by atoms with Crippen molar-refractivity contribution < 1.29 is 33.4 Å². The van der Waals surface area contributed by atoms with Crippen LogP contribution in [0.2, 0.25) is 0 Å². The number of rotatable bonds is 4. The summed E-state index contributed by atoms with van der Waals surface area (Å²) in [5.74, 6) is -5.59. The zero-order valence-corrected chi connectivity index (χ0v) is 26.0. The molecule has 0 aromatic heterocycles. The van der Waals surface area contributed by atoms with Crippen LogP contribution in [0, 0.1) is 29.5 Å². The number of allylic oxidation sites excluding steroid dienone is 3. The molecule has 0 bridgehead atoms. The number of ether oxygens (including phenoxy) is 1. The lowest BCUT2D eigenvalue weighted by molar-refractivity contribution is -0.145. The molecule has 4 aliphatic rings. The number of hydrogen-bond donors (Lipinski definition) is 1. The number of hydrogen-bond acceptors (Lipinski definition) is 6. The van der Waals surface area contributed by atoms with Gasteiger partial charge in [-0.15, -0.1) is 23.2 Å². The van der Waals surface area contributed by atoms with Crippen molar-refractivity contribution in [3.63, 3.8) is 0 Å². The Labute approximate surface area is 264 Å². The number of alkyl halides is 2. The summed E-state index contributed by atoms with van der Waals surface area (Å²) in [6.45, 7) is 5.37. The van der Waals surface area contributed by atoms with Gasteiger partial charge >= 0.3 is 0 Å². The standard InChI is InChI=1S/C33H31Cl2FN2O6/c1-31(2,3)38-27(40)21-12-11-20-22(26(21)28(38)41)16-32(34)29(42)37(19-9-7-18(36)8-10-19)30(43)33(32,35)23(20)13-5-17-6-14-24(39)25(15-17)44-4/h5-11,13-15,21-23,26,39H,12,16H2,1-4H3. The van der Waals surface area contributed by atoms with E-state index in [0.29, 0.717) is 11.1 Å². The minimum Gasteiger partial charge on any atom is -0.504 e. The molecule has 44 heavy (non-hydrogen) atoms. The predicted octanol–water partition coefficient (Wildman–Crippen LogP) is 5.45. The van der Waals surface area contributed by atoms with E-state index >= 15 is 0 Å². The largest absolute Gasteiger partial charge is 0.504 e. The minimum absolute atomic E-state index is 0.0590. The van der Waals surface area contributed by atoms with Crippen molar-refractivity contribution >= 4 is 58.6 Å². The lowest BCUT2D eigenvalue weighted by Gasteiger charge is -2.49. The van der Waals surface area contributed by atoms with Crippen molar-refractivity contribution in [3.8, 4) is 11.5 Å². The number of fused-ring (bicyclic) bond motifs is 4. The lowest BCUT2D eigenvalue weighted by atomic mass is 9.57. The zero-order valence-electron chi connectivity index (χ0n) is 24.5. The highest BCUT2D eigenvalue weighted by atomic mass is 35.5. The van der Waals surface area contributed by atoms with Crippen molar-refractivity contribution in [1.29, 1.82) is 0 Å². The van der Waals surface area contributed by atoms with E-state index in [-0.39, 0.29) is 41.8 Å². The summed E-state index contributed by atoms with van der Waals surface area (Å²) in [5, 5.41) is 10.1. The van der Waals surface area contributed by atoms with Crippen molar-refractivity contribution in [1.82, 2.24) is 4.90 Å². The van der Waals surface area contributed by atoms with Crippen LogP contribution < -0.4 is 9.64 Å². The quantitative estimate of drug-likeness (QED) is 0.271. The number of aromatic hydroxyl groups is 1. The fraction of sp³-hybridized carbons (Fsp3) is 0.394. The second-order valence-electron chi connectivity index (χ2n) is 12.8. The number of amides is 4. The summed E-state index contributed by atoms with van der Waals surface area (Å²) in [4.78, 5) is 54.1. The number of methoxy groups -OCH3 is 1. The fourth-order valence-electron chi connectivity index (χ4n) is 7.31. The van der Waals surface area contributed by atoms with Crippen molar-refractivity contribution in [2.45, 2.75) is 48.9 Å². The highest BCUT2D eigenvalue weighted by Gasteiger charge is 2.76. The highest BCUT2D eigenvalue weighted by Crippen LogP contribution is 2.63. The average molecular weight is 642 g/mol. The van der Waals surface area contributed by atoms with Gasteiger partial charge in [0.15, 0.2) is 21.2 Å². The number of imide groups is 2. The first-order valence-electron chi connectivity index (χ1n) is 14.3.